The Balaban J connectivity index is 1.79. The lowest BCUT2D eigenvalue weighted by molar-refractivity contribution is 0.433. The topological polar surface area (TPSA) is 55.9 Å². The number of furan rings is 1. The van der Waals surface area contributed by atoms with E-state index < -0.39 is 0 Å². The Morgan fingerprint density at radius 2 is 2.00 bits per heavy atom. The molecule has 0 unspecified atom stereocenters. The van der Waals surface area contributed by atoms with Gasteiger partial charge in [-0.2, -0.15) is 0 Å². The molecule has 2 heterocycles. The molecular weight excluding hydrogens is 240 g/mol. The summed E-state index contributed by atoms with van der Waals surface area (Å²) in [7, 11) is 0. The first kappa shape index (κ1) is 11.9. The Labute approximate surface area is 111 Å². The van der Waals surface area contributed by atoms with Crippen LogP contribution in [0.3, 0.4) is 0 Å². The second-order valence-electron chi connectivity index (χ2n) is 4.38. The minimum Gasteiger partial charge on any atom is -0.463 e. The SMILES string of the molecule is CCNCc1ccc(Cn2nnc3ccccc32)o1. The molecule has 98 valence electrons. The van der Waals surface area contributed by atoms with Crippen molar-refractivity contribution in [1.82, 2.24) is 20.3 Å². The number of aromatic nitrogens is 3. The van der Waals surface area contributed by atoms with E-state index >= 15 is 0 Å². The summed E-state index contributed by atoms with van der Waals surface area (Å²) in [6.07, 6.45) is 0. The van der Waals surface area contributed by atoms with Crippen LogP contribution in [0, 0.1) is 0 Å². The van der Waals surface area contributed by atoms with Gasteiger partial charge in [0, 0.05) is 0 Å². The Morgan fingerprint density at radius 3 is 2.89 bits per heavy atom. The van der Waals surface area contributed by atoms with Crippen molar-refractivity contribution in [3.8, 4) is 0 Å². The first-order valence-corrected chi connectivity index (χ1v) is 6.43. The van der Waals surface area contributed by atoms with Gasteiger partial charge in [0.1, 0.15) is 23.6 Å². The fourth-order valence-corrected chi connectivity index (χ4v) is 2.03. The van der Waals surface area contributed by atoms with Crippen LogP contribution in [0.4, 0.5) is 0 Å². The maximum Gasteiger partial charge on any atom is 0.125 e. The predicted molar refractivity (Wildman–Crippen MR) is 72.7 cm³/mol. The van der Waals surface area contributed by atoms with Crippen LogP contribution in [-0.4, -0.2) is 21.5 Å². The molecule has 0 bridgehead atoms. The van der Waals surface area contributed by atoms with Crippen molar-refractivity contribution in [1.29, 1.82) is 0 Å². The zero-order valence-corrected chi connectivity index (χ0v) is 10.8. The van der Waals surface area contributed by atoms with Crippen molar-refractivity contribution >= 4 is 11.0 Å². The summed E-state index contributed by atoms with van der Waals surface area (Å²) in [5.41, 5.74) is 1.93. The van der Waals surface area contributed by atoms with Gasteiger partial charge < -0.3 is 9.73 Å². The second-order valence-corrected chi connectivity index (χ2v) is 4.38. The summed E-state index contributed by atoms with van der Waals surface area (Å²) in [5.74, 6) is 1.84. The van der Waals surface area contributed by atoms with E-state index in [4.69, 9.17) is 4.42 Å². The third-order valence-corrected chi connectivity index (χ3v) is 2.99. The fraction of sp³-hybridized carbons (Fsp3) is 0.286. The maximum absolute atomic E-state index is 5.76. The van der Waals surface area contributed by atoms with Crippen LogP contribution in [-0.2, 0) is 13.1 Å². The molecule has 0 fully saturated rings. The van der Waals surface area contributed by atoms with E-state index in [0.29, 0.717) is 6.54 Å². The first-order chi connectivity index (χ1) is 9.36. The quantitative estimate of drug-likeness (QED) is 0.760. The van der Waals surface area contributed by atoms with Crippen LogP contribution < -0.4 is 5.32 Å². The molecule has 0 amide bonds. The molecular formula is C14H16N4O. The number of benzene rings is 1. The van der Waals surface area contributed by atoms with Gasteiger partial charge in [0.15, 0.2) is 0 Å². The van der Waals surface area contributed by atoms with E-state index in [1.165, 1.54) is 0 Å². The predicted octanol–water partition coefficient (Wildman–Crippen LogP) is 2.18. The van der Waals surface area contributed by atoms with Crippen molar-refractivity contribution in [3.63, 3.8) is 0 Å². The number of para-hydroxylation sites is 1. The number of nitrogens with one attached hydrogen (secondary N) is 1. The Bertz CT molecular complexity index is 671. The zero-order chi connectivity index (χ0) is 13.1. The third kappa shape index (κ3) is 2.51. The van der Waals surface area contributed by atoms with Gasteiger partial charge in [-0.25, -0.2) is 4.68 Å². The number of nitrogens with zero attached hydrogens (tertiary/aromatic N) is 3. The molecule has 1 N–H and O–H groups in total. The van der Waals surface area contributed by atoms with Gasteiger partial charge in [0.2, 0.25) is 0 Å². The average molecular weight is 256 g/mol. The summed E-state index contributed by atoms with van der Waals surface area (Å²) in [6.45, 7) is 4.37. The molecule has 0 aliphatic rings. The molecule has 0 aliphatic carbocycles. The third-order valence-electron chi connectivity index (χ3n) is 2.99. The number of hydrogen-bond donors (Lipinski definition) is 1. The Morgan fingerprint density at radius 1 is 1.16 bits per heavy atom. The highest BCUT2D eigenvalue weighted by Gasteiger charge is 2.07. The number of rotatable bonds is 5. The van der Waals surface area contributed by atoms with Crippen LogP contribution in [0.2, 0.25) is 0 Å². The molecule has 0 spiro atoms. The molecule has 3 rings (SSSR count). The van der Waals surface area contributed by atoms with E-state index in [1.807, 2.05) is 41.1 Å². The summed E-state index contributed by atoms with van der Waals surface area (Å²) in [5, 5.41) is 11.5. The molecule has 0 radical (unpaired) electrons. The van der Waals surface area contributed by atoms with E-state index in [1.54, 1.807) is 0 Å². The van der Waals surface area contributed by atoms with E-state index in [-0.39, 0.29) is 0 Å². The van der Waals surface area contributed by atoms with Crippen LogP contribution in [0.5, 0.6) is 0 Å². The largest absolute Gasteiger partial charge is 0.463 e. The monoisotopic (exact) mass is 256 g/mol. The lowest BCUT2D eigenvalue weighted by Crippen LogP contribution is -2.10. The van der Waals surface area contributed by atoms with Crippen LogP contribution in [0.1, 0.15) is 18.4 Å². The van der Waals surface area contributed by atoms with Gasteiger partial charge >= 0.3 is 0 Å². The van der Waals surface area contributed by atoms with Crippen molar-refractivity contribution in [2.24, 2.45) is 0 Å². The Hall–Kier alpha value is -2.14. The van der Waals surface area contributed by atoms with Gasteiger partial charge in [0.25, 0.3) is 0 Å². The molecule has 5 nitrogen and oxygen atoms in total. The van der Waals surface area contributed by atoms with Gasteiger partial charge in [-0.05, 0) is 30.8 Å². The molecule has 0 saturated carbocycles. The lowest BCUT2D eigenvalue weighted by atomic mass is 10.3. The molecule has 0 saturated heterocycles. The van der Waals surface area contributed by atoms with E-state index in [0.717, 1.165) is 35.6 Å². The summed E-state index contributed by atoms with van der Waals surface area (Å²) in [4.78, 5) is 0. The molecule has 19 heavy (non-hydrogen) atoms. The molecule has 3 aromatic rings. The molecule has 5 heteroatoms. The number of hydrogen-bond acceptors (Lipinski definition) is 4. The smallest absolute Gasteiger partial charge is 0.125 e. The zero-order valence-electron chi connectivity index (χ0n) is 10.8. The highest BCUT2D eigenvalue weighted by atomic mass is 16.3. The van der Waals surface area contributed by atoms with Crippen molar-refractivity contribution in [2.45, 2.75) is 20.0 Å². The average Bonchev–Trinajstić information content (AvgIpc) is 3.05. The maximum atomic E-state index is 5.76. The van der Waals surface area contributed by atoms with Gasteiger partial charge in [0.05, 0.1) is 12.1 Å². The summed E-state index contributed by atoms with van der Waals surface area (Å²) >= 11 is 0. The van der Waals surface area contributed by atoms with Crippen molar-refractivity contribution < 1.29 is 4.42 Å². The van der Waals surface area contributed by atoms with Gasteiger partial charge in [-0.3, -0.25) is 0 Å². The fourth-order valence-electron chi connectivity index (χ4n) is 2.03. The molecule has 0 atom stereocenters. The first-order valence-electron chi connectivity index (χ1n) is 6.43. The van der Waals surface area contributed by atoms with Crippen molar-refractivity contribution in [3.05, 3.63) is 47.9 Å². The Kier molecular flexibility index (Phi) is 3.29. The van der Waals surface area contributed by atoms with E-state index in [2.05, 4.69) is 22.6 Å². The molecule has 0 aliphatic heterocycles. The normalized spacial score (nSPS) is 11.2. The van der Waals surface area contributed by atoms with E-state index in [9.17, 15) is 0 Å². The minimum absolute atomic E-state index is 0.604. The summed E-state index contributed by atoms with van der Waals surface area (Å²) < 4.78 is 7.61. The molecule has 2 aromatic heterocycles. The highest BCUT2D eigenvalue weighted by Crippen LogP contribution is 2.14. The second kappa shape index (κ2) is 5.24. The minimum atomic E-state index is 0.604. The van der Waals surface area contributed by atoms with Crippen LogP contribution in [0.25, 0.3) is 11.0 Å². The van der Waals surface area contributed by atoms with Crippen LogP contribution >= 0.6 is 0 Å². The van der Waals surface area contributed by atoms with Crippen LogP contribution in [0.15, 0.2) is 40.8 Å². The van der Waals surface area contributed by atoms with Gasteiger partial charge in [-0.1, -0.05) is 24.3 Å². The highest BCUT2D eigenvalue weighted by molar-refractivity contribution is 5.73. The standard InChI is InChI=1S/C14H16N4O/c1-2-15-9-11-7-8-12(19-11)10-18-14-6-4-3-5-13(14)16-17-18/h3-8,15H,2,9-10H2,1H3. The lowest BCUT2D eigenvalue weighted by Gasteiger charge is -2.00. The number of fused-ring (bicyclic) bond motifs is 1. The molecule has 1 aromatic carbocycles. The summed E-state index contributed by atoms with van der Waals surface area (Å²) in [6, 6.07) is 11.9. The van der Waals surface area contributed by atoms with Gasteiger partial charge in [-0.15, -0.1) is 5.10 Å². The van der Waals surface area contributed by atoms with Crippen molar-refractivity contribution in [2.75, 3.05) is 6.54 Å².